The lowest BCUT2D eigenvalue weighted by Crippen LogP contribution is -2.28. The molecule has 84 valence electrons. The van der Waals surface area contributed by atoms with Crippen molar-refractivity contribution in [1.82, 2.24) is 4.90 Å². The Morgan fingerprint density at radius 2 is 2.06 bits per heavy atom. The molecule has 1 aromatic rings. The van der Waals surface area contributed by atoms with Crippen LogP contribution in [0, 0.1) is 5.92 Å². The summed E-state index contributed by atoms with van der Waals surface area (Å²) in [5.74, 6) is 0.667. The van der Waals surface area contributed by atoms with Crippen LogP contribution >= 0.6 is 0 Å². The molecule has 0 spiro atoms. The first-order valence-corrected chi connectivity index (χ1v) is 5.55. The van der Waals surface area contributed by atoms with E-state index in [4.69, 9.17) is 0 Å². The van der Waals surface area contributed by atoms with E-state index in [9.17, 15) is 9.59 Å². The minimum absolute atomic E-state index is 0.0711. The van der Waals surface area contributed by atoms with Crippen molar-refractivity contribution in [3.05, 3.63) is 35.4 Å². The zero-order valence-corrected chi connectivity index (χ0v) is 9.35. The predicted octanol–water partition coefficient (Wildman–Crippen LogP) is 1.98. The molecule has 3 nitrogen and oxygen atoms in total. The molecule has 2 rings (SSSR count). The van der Waals surface area contributed by atoms with Crippen LogP contribution in [-0.2, 0) is 0 Å². The molecule has 1 aliphatic rings. The molecule has 0 bridgehead atoms. The van der Waals surface area contributed by atoms with Gasteiger partial charge in [0.1, 0.15) is 6.29 Å². The Morgan fingerprint density at radius 1 is 1.38 bits per heavy atom. The Balaban J connectivity index is 2.11. The molecule has 16 heavy (non-hydrogen) atoms. The van der Waals surface area contributed by atoms with Gasteiger partial charge < -0.3 is 4.90 Å². The highest BCUT2D eigenvalue weighted by molar-refractivity contribution is 5.95. The van der Waals surface area contributed by atoms with Gasteiger partial charge in [-0.2, -0.15) is 0 Å². The average molecular weight is 217 g/mol. The second-order valence-electron chi connectivity index (χ2n) is 4.38. The number of hydrogen-bond donors (Lipinski definition) is 0. The van der Waals surface area contributed by atoms with Crippen LogP contribution in [0.2, 0.25) is 0 Å². The lowest BCUT2D eigenvalue weighted by Gasteiger charge is -2.15. The smallest absolute Gasteiger partial charge is 0.253 e. The van der Waals surface area contributed by atoms with Crippen LogP contribution in [0.15, 0.2) is 24.3 Å². The number of hydrogen-bond acceptors (Lipinski definition) is 2. The predicted molar refractivity (Wildman–Crippen MR) is 61.5 cm³/mol. The van der Waals surface area contributed by atoms with Gasteiger partial charge in [0, 0.05) is 24.2 Å². The summed E-state index contributed by atoms with van der Waals surface area (Å²) in [7, 11) is 0. The summed E-state index contributed by atoms with van der Waals surface area (Å²) >= 11 is 0. The van der Waals surface area contributed by atoms with E-state index in [1.807, 2.05) is 4.90 Å². The highest BCUT2D eigenvalue weighted by Crippen LogP contribution is 2.17. The quantitative estimate of drug-likeness (QED) is 0.710. The van der Waals surface area contributed by atoms with Crippen molar-refractivity contribution in [1.29, 1.82) is 0 Å². The van der Waals surface area contributed by atoms with Gasteiger partial charge in [0.05, 0.1) is 0 Å². The molecular formula is C13H15NO2. The number of carbonyl (C=O) groups excluding carboxylic acids is 2. The third-order valence-electron chi connectivity index (χ3n) is 3.00. The van der Waals surface area contributed by atoms with Gasteiger partial charge in [-0.25, -0.2) is 0 Å². The summed E-state index contributed by atoms with van der Waals surface area (Å²) in [4.78, 5) is 24.4. The summed E-state index contributed by atoms with van der Waals surface area (Å²) in [6, 6.07) is 6.80. The van der Waals surface area contributed by atoms with Crippen molar-refractivity contribution in [2.24, 2.45) is 5.92 Å². The van der Waals surface area contributed by atoms with Crippen molar-refractivity contribution in [2.75, 3.05) is 13.1 Å². The molecule has 0 N–H and O–H groups in total. The van der Waals surface area contributed by atoms with Crippen LogP contribution in [-0.4, -0.2) is 30.2 Å². The van der Waals surface area contributed by atoms with Gasteiger partial charge in [-0.05, 0) is 24.5 Å². The van der Waals surface area contributed by atoms with Gasteiger partial charge in [-0.3, -0.25) is 9.59 Å². The molecule has 1 fully saturated rings. The zero-order valence-electron chi connectivity index (χ0n) is 9.35. The van der Waals surface area contributed by atoms with Crippen molar-refractivity contribution in [3.8, 4) is 0 Å². The summed E-state index contributed by atoms with van der Waals surface area (Å²) < 4.78 is 0. The first kappa shape index (κ1) is 10.9. The van der Waals surface area contributed by atoms with Gasteiger partial charge in [-0.1, -0.05) is 19.1 Å². The van der Waals surface area contributed by atoms with Crippen molar-refractivity contribution in [3.63, 3.8) is 0 Å². The summed E-state index contributed by atoms with van der Waals surface area (Å²) in [5.41, 5.74) is 1.27. The first-order chi connectivity index (χ1) is 7.70. The van der Waals surface area contributed by atoms with Crippen molar-refractivity contribution in [2.45, 2.75) is 13.3 Å². The second kappa shape index (κ2) is 4.47. The van der Waals surface area contributed by atoms with Crippen LogP contribution in [0.3, 0.4) is 0 Å². The van der Waals surface area contributed by atoms with Crippen molar-refractivity contribution >= 4 is 12.2 Å². The third kappa shape index (κ3) is 2.13. The van der Waals surface area contributed by atoms with E-state index in [1.54, 1.807) is 24.3 Å². The number of rotatable bonds is 2. The van der Waals surface area contributed by atoms with Crippen LogP contribution < -0.4 is 0 Å². The number of benzene rings is 1. The SMILES string of the molecule is CC1CCN(C(=O)c2ccc(C=O)cc2)C1. The molecule has 0 aromatic heterocycles. The Kier molecular flexibility index (Phi) is 3.04. The standard InChI is InChI=1S/C13H15NO2/c1-10-6-7-14(8-10)13(16)12-4-2-11(9-15)3-5-12/h2-5,9-10H,6-8H2,1H3. The van der Waals surface area contributed by atoms with Crippen LogP contribution in [0.1, 0.15) is 34.1 Å². The molecule has 0 radical (unpaired) electrons. The molecule has 3 heteroatoms. The Morgan fingerprint density at radius 3 is 2.56 bits per heavy atom. The van der Waals surface area contributed by atoms with E-state index in [1.165, 1.54) is 0 Å². The van der Waals surface area contributed by atoms with E-state index in [-0.39, 0.29) is 5.91 Å². The monoisotopic (exact) mass is 217 g/mol. The molecule has 1 saturated heterocycles. The highest BCUT2D eigenvalue weighted by atomic mass is 16.2. The normalized spacial score (nSPS) is 19.8. The fourth-order valence-corrected chi connectivity index (χ4v) is 2.01. The summed E-state index contributed by atoms with van der Waals surface area (Å²) in [6.45, 7) is 3.84. The van der Waals surface area contributed by atoms with Gasteiger partial charge in [0.2, 0.25) is 0 Å². The molecular weight excluding hydrogens is 202 g/mol. The maximum atomic E-state index is 12.0. The van der Waals surface area contributed by atoms with Crippen LogP contribution in [0.4, 0.5) is 0 Å². The van der Waals surface area contributed by atoms with E-state index in [2.05, 4.69) is 6.92 Å². The number of likely N-dealkylation sites (tertiary alicyclic amines) is 1. The number of amides is 1. The molecule has 0 saturated carbocycles. The van der Waals surface area contributed by atoms with Gasteiger partial charge in [0.25, 0.3) is 5.91 Å². The Hall–Kier alpha value is -1.64. The van der Waals surface area contributed by atoms with Gasteiger partial charge >= 0.3 is 0 Å². The summed E-state index contributed by atoms with van der Waals surface area (Å²) in [6.07, 6.45) is 1.87. The zero-order chi connectivity index (χ0) is 11.5. The number of nitrogens with zero attached hydrogens (tertiary/aromatic N) is 1. The van der Waals surface area contributed by atoms with E-state index >= 15 is 0 Å². The van der Waals surface area contributed by atoms with E-state index < -0.39 is 0 Å². The van der Waals surface area contributed by atoms with Crippen LogP contribution in [0.5, 0.6) is 0 Å². The van der Waals surface area contributed by atoms with Gasteiger partial charge in [0.15, 0.2) is 0 Å². The van der Waals surface area contributed by atoms with E-state index in [0.717, 1.165) is 25.8 Å². The van der Waals surface area contributed by atoms with Crippen LogP contribution in [0.25, 0.3) is 0 Å². The Bertz CT molecular complexity index is 397. The van der Waals surface area contributed by atoms with Gasteiger partial charge in [-0.15, -0.1) is 0 Å². The van der Waals surface area contributed by atoms with E-state index in [0.29, 0.717) is 17.0 Å². The first-order valence-electron chi connectivity index (χ1n) is 5.55. The lowest BCUT2D eigenvalue weighted by molar-refractivity contribution is 0.0788. The molecule has 1 atom stereocenters. The minimum Gasteiger partial charge on any atom is -0.338 e. The minimum atomic E-state index is 0.0711. The maximum absolute atomic E-state index is 12.0. The lowest BCUT2D eigenvalue weighted by atomic mass is 10.1. The maximum Gasteiger partial charge on any atom is 0.253 e. The Labute approximate surface area is 95.1 Å². The summed E-state index contributed by atoms with van der Waals surface area (Å²) in [5, 5.41) is 0. The largest absolute Gasteiger partial charge is 0.338 e. The third-order valence-corrected chi connectivity index (χ3v) is 3.00. The molecule has 1 unspecified atom stereocenters. The molecule has 1 aromatic carbocycles. The second-order valence-corrected chi connectivity index (χ2v) is 4.38. The fourth-order valence-electron chi connectivity index (χ4n) is 2.01. The van der Waals surface area contributed by atoms with Crippen molar-refractivity contribution < 1.29 is 9.59 Å². The topological polar surface area (TPSA) is 37.4 Å². The fraction of sp³-hybridized carbons (Fsp3) is 0.385. The molecule has 1 aliphatic heterocycles. The molecule has 1 heterocycles. The number of aldehydes is 1. The highest BCUT2D eigenvalue weighted by Gasteiger charge is 2.23. The molecule has 0 aliphatic carbocycles. The molecule has 1 amide bonds. The number of carbonyl (C=O) groups is 2. The average Bonchev–Trinajstić information content (AvgIpc) is 2.75.